The Balaban J connectivity index is 1.89. The minimum absolute atomic E-state index is 0.340. The molecule has 1 heterocycles. The van der Waals surface area contributed by atoms with Crippen molar-refractivity contribution in [1.29, 1.82) is 5.26 Å². The molecule has 13 heteroatoms. The molecule has 0 spiro atoms. The van der Waals surface area contributed by atoms with Crippen LogP contribution in [-0.4, -0.2) is 60.4 Å². The maximum atomic E-state index is 13.4. The summed E-state index contributed by atoms with van der Waals surface area (Å²) in [4.78, 5) is 12.8. The molecule has 1 aromatic carbocycles. The highest BCUT2D eigenvalue weighted by Gasteiger charge is 2.48. The first-order valence-electron chi connectivity index (χ1n) is 10.0. The van der Waals surface area contributed by atoms with Crippen LogP contribution in [0.1, 0.15) is 37.7 Å². The number of nitrogens with one attached hydrogen (secondary N) is 1. The van der Waals surface area contributed by atoms with E-state index in [0.717, 1.165) is 29.9 Å². The van der Waals surface area contributed by atoms with Gasteiger partial charge in [-0.05, 0) is 37.8 Å². The number of alkyl halides is 3. The smallest absolute Gasteiger partial charge is 0.417 e. The third kappa shape index (κ3) is 5.15. The third-order valence-electron chi connectivity index (χ3n) is 5.58. The Bertz CT molecular complexity index is 976. The van der Waals surface area contributed by atoms with E-state index >= 15 is 0 Å². The molecule has 1 saturated carbocycles. The van der Waals surface area contributed by atoms with Crippen LogP contribution in [0.3, 0.4) is 0 Å². The molecule has 0 radical (unpaired) electrons. The predicted octanol–water partition coefficient (Wildman–Crippen LogP) is 2.68. The number of sulfone groups is 1. The number of rotatable bonds is 6. The number of hydroxylamine groups is 1. The van der Waals surface area contributed by atoms with Gasteiger partial charge in [-0.25, -0.2) is 18.6 Å². The minimum Gasteiger partial charge on any atom is -0.446 e. The van der Waals surface area contributed by atoms with Crippen molar-refractivity contribution in [1.82, 2.24) is 15.5 Å². The van der Waals surface area contributed by atoms with Crippen LogP contribution in [-0.2, 0) is 20.8 Å². The first-order valence-corrected chi connectivity index (χ1v) is 11.6. The monoisotopic (exact) mass is 476 g/mol. The van der Waals surface area contributed by atoms with Crippen molar-refractivity contribution in [3.63, 3.8) is 0 Å². The second-order valence-electron chi connectivity index (χ2n) is 7.66. The number of ether oxygens (including phenoxy) is 1. The maximum Gasteiger partial charge on any atom is 0.417 e. The number of hydrogen-bond donors (Lipinski definition) is 2. The van der Waals surface area contributed by atoms with Crippen LogP contribution < -0.4 is 5.43 Å². The second kappa shape index (κ2) is 9.62. The number of carbonyl (C=O) groups excluding carboxylic acids is 1. The summed E-state index contributed by atoms with van der Waals surface area (Å²) in [5, 5.41) is 17.9. The first-order chi connectivity index (χ1) is 15.1. The molecular formula is C19H23F3N4O5S. The van der Waals surface area contributed by atoms with Gasteiger partial charge in [-0.2, -0.15) is 18.4 Å². The highest BCUT2D eigenvalue weighted by molar-refractivity contribution is 7.92. The van der Waals surface area contributed by atoms with E-state index in [1.165, 1.54) is 6.07 Å². The summed E-state index contributed by atoms with van der Waals surface area (Å²) in [5.41, 5.74) is 1.00. The maximum absolute atomic E-state index is 13.4. The molecule has 1 amide bonds. The second-order valence-corrected chi connectivity index (χ2v) is 9.85. The molecule has 176 valence electrons. The van der Waals surface area contributed by atoms with Crippen LogP contribution in [0.15, 0.2) is 29.2 Å². The zero-order valence-electron chi connectivity index (χ0n) is 17.0. The summed E-state index contributed by atoms with van der Waals surface area (Å²) < 4.78 is 71.9. The Morgan fingerprint density at radius 1 is 1.31 bits per heavy atom. The van der Waals surface area contributed by atoms with Crippen LogP contribution in [0.25, 0.3) is 0 Å². The number of likely N-dealkylation sites (tertiary alicyclic amines) is 1. The van der Waals surface area contributed by atoms with Gasteiger partial charge in [-0.15, -0.1) is 5.17 Å². The van der Waals surface area contributed by atoms with Crippen molar-refractivity contribution < 1.29 is 36.3 Å². The largest absolute Gasteiger partial charge is 0.446 e. The van der Waals surface area contributed by atoms with Crippen molar-refractivity contribution in [3.8, 4) is 6.07 Å². The Morgan fingerprint density at radius 2 is 1.97 bits per heavy atom. The molecule has 32 heavy (non-hydrogen) atoms. The molecule has 1 aliphatic carbocycles. The van der Waals surface area contributed by atoms with E-state index < -0.39 is 50.5 Å². The lowest BCUT2D eigenvalue weighted by Gasteiger charge is -2.30. The zero-order valence-corrected chi connectivity index (χ0v) is 17.8. The molecule has 1 saturated heterocycles. The molecule has 1 aliphatic heterocycles. The lowest BCUT2D eigenvalue weighted by molar-refractivity contribution is -0.193. The molecular weight excluding hydrogens is 453 g/mol. The molecule has 2 N–H and O–H groups in total. The molecule has 3 rings (SSSR count). The van der Waals surface area contributed by atoms with Gasteiger partial charge in [0.05, 0.1) is 28.3 Å². The molecule has 0 unspecified atom stereocenters. The molecule has 9 nitrogen and oxygen atoms in total. The minimum atomic E-state index is -4.89. The predicted molar refractivity (Wildman–Crippen MR) is 104 cm³/mol. The van der Waals surface area contributed by atoms with E-state index in [-0.39, 0.29) is 19.1 Å². The van der Waals surface area contributed by atoms with Crippen molar-refractivity contribution in [2.45, 2.75) is 60.7 Å². The SMILES string of the molecule is N#CCNN(O)[C@@H]1C[C@@H](S(=O)(=O)c2ccccc2C(F)(F)F)CN1C(=O)OC1CCCC1. The zero-order chi connectivity index (χ0) is 23.5. The Labute approximate surface area is 183 Å². The van der Waals surface area contributed by atoms with Crippen molar-refractivity contribution >= 4 is 15.9 Å². The summed E-state index contributed by atoms with van der Waals surface area (Å²) in [5.74, 6) is 0. The summed E-state index contributed by atoms with van der Waals surface area (Å²) in [7, 11) is -4.53. The average molecular weight is 476 g/mol. The standard InChI is InChI=1S/C19H23F3N4O5S/c20-19(21,22)15-7-3-4-8-16(15)32(29,30)14-11-17(26(28)24-10-9-23)25(12-14)18(27)31-13-5-1-2-6-13/h3-4,7-8,13-14,17,24,28H,1-2,5-6,10-12H2/t14-,17-/m1/s1. The summed E-state index contributed by atoms with van der Waals surface area (Å²) in [6.45, 7) is -0.817. The Kier molecular flexibility index (Phi) is 7.29. The van der Waals surface area contributed by atoms with E-state index in [1.807, 2.05) is 0 Å². The first kappa shape index (κ1) is 24.2. The number of hydrogen-bond acceptors (Lipinski definition) is 8. The number of hydrazine groups is 1. The van der Waals surface area contributed by atoms with Gasteiger partial charge in [-0.1, -0.05) is 12.1 Å². The average Bonchev–Trinajstić information content (AvgIpc) is 3.41. The topological polar surface area (TPSA) is 123 Å². The Morgan fingerprint density at radius 3 is 2.59 bits per heavy atom. The lowest BCUT2D eigenvalue weighted by atomic mass is 10.2. The van der Waals surface area contributed by atoms with Gasteiger partial charge in [0.25, 0.3) is 0 Å². The van der Waals surface area contributed by atoms with Crippen molar-refractivity contribution in [3.05, 3.63) is 29.8 Å². The van der Waals surface area contributed by atoms with Gasteiger partial charge in [0.1, 0.15) is 12.3 Å². The number of nitriles is 1. The van der Waals surface area contributed by atoms with E-state index in [1.54, 1.807) is 6.07 Å². The fraction of sp³-hybridized carbons (Fsp3) is 0.579. The van der Waals surface area contributed by atoms with Crippen LogP contribution in [0, 0.1) is 11.3 Å². The van der Waals surface area contributed by atoms with Gasteiger partial charge >= 0.3 is 12.3 Å². The molecule has 0 bridgehead atoms. The van der Waals surface area contributed by atoms with Crippen molar-refractivity contribution in [2.24, 2.45) is 0 Å². The molecule has 2 fully saturated rings. The third-order valence-corrected chi connectivity index (χ3v) is 7.77. The molecule has 1 aromatic rings. The number of halogens is 3. The van der Waals surface area contributed by atoms with Gasteiger partial charge in [-0.3, -0.25) is 10.1 Å². The summed E-state index contributed by atoms with van der Waals surface area (Å²) in [6.07, 6.45) is -4.68. The summed E-state index contributed by atoms with van der Waals surface area (Å²) >= 11 is 0. The number of benzene rings is 1. The number of carbonyl (C=O) groups is 1. The van der Waals surface area contributed by atoms with Crippen LogP contribution in [0.4, 0.5) is 18.0 Å². The highest BCUT2D eigenvalue weighted by atomic mass is 32.2. The van der Waals surface area contributed by atoms with Gasteiger partial charge in [0.2, 0.25) is 0 Å². The van der Waals surface area contributed by atoms with Crippen LogP contribution in [0.5, 0.6) is 0 Å². The summed E-state index contributed by atoms with van der Waals surface area (Å²) in [6, 6.07) is 5.55. The van der Waals surface area contributed by atoms with E-state index in [2.05, 4.69) is 5.43 Å². The fourth-order valence-electron chi connectivity index (χ4n) is 4.00. The number of nitrogens with zero attached hydrogens (tertiary/aromatic N) is 3. The van der Waals surface area contributed by atoms with Crippen molar-refractivity contribution in [2.75, 3.05) is 13.1 Å². The fourth-order valence-corrected chi connectivity index (χ4v) is 5.90. The quantitative estimate of drug-likeness (QED) is 0.475. The number of amides is 1. The molecule has 2 aliphatic rings. The molecule has 2 atom stereocenters. The highest BCUT2D eigenvalue weighted by Crippen LogP contribution is 2.38. The molecule has 0 aromatic heterocycles. The van der Waals surface area contributed by atoms with E-state index in [9.17, 15) is 31.6 Å². The van der Waals surface area contributed by atoms with Gasteiger partial charge in [0.15, 0.2) is 9.84 Å². The van der Waals surface area contributed by atoms with Gasteiger partial charge in [0, 0.05) is 13.0 Å². The lowest BCUT2D eigenvalue weighted by Crippen LogP contribution is -2.52. The van der Waals surface area contributed by atoms with Crippen LogP contribution in [0.2, 0.25) is 0 Å². The Hall–Kier alpha value is -2.40. The van der Waals surface area contributed by atoms with E-state index in [0.29, 0.717) is 24.1 Å². The van der Waals surface area contributed by atoms with Gasteiger partial charge < -0.3 is 4.74 Å². The van der Waals surface area contributed by atoms with Crippen LogP contribution >= 0.6 is 0 Å². The normalized spacial score (nSPS) is 22.3. The van der Waals surface area contributed by atoms with E-state index in [4.69, 9.17) is 10.00 Å².